The molecule has 0 radical (unpaired) electrons. The number of aromatic nitrogens is 2. The number of rotatable bonds is 7. The Morgan fingerprint density at radius 2 is 1.96 bits per heavy atom. The van der Waals surface area contributed by atoms with Crippen LogP contribution in [0.3, 0.4) is 0 Å². The lowest BCUT2D eigenvalue weighted by atomic mass is 10.1. The molecule has 1 aliphatic heterocycles. The predicted molar refractivity (Wildman–Crippen MR) is 101 cm³/mol. The van der Waals surface area contributed by atoms with Gasteiger partial charge in [-0.15, -0.1) is 22.0 Å². The minimum Gasteiger partial charge on any atom is -0.480 e. The molecule has 1 saturated heterocycles. The zero-order valence-electron chi connectivity index (χ0n) is 14.8. The summed E-state index contributed by atoms with van der Waals surface area (Å²) in [6.45, 7) is 1.39. The van der Waals surface area contributed by atoms with E-state index in [9.17, 15) is 4.79 Å². The molecule has 26 heavy (non-hydrogen) atoms. The lowest BCUT2D eigenvalue weighted by Gasteiger charge is -2.32. The number of ether oxygens (including phenoxy) is 2. The zero-order valence-corrected chi connectivity index (χ0v) is 15.7. The molecule has 1 aromatic heterocycles. The second-order valence-corrected chi connectivity index (χ2v) is 7.22. The average Bonchev–Trinajstić information content (AvgIpc) is 2.69. The maximum atomic E-state index is 12.5. The van der Waals surface area contributed by atoms with Gasteiger partial charge in [-0.25, -0.2) is 0 Å². The quantitative estimate of drug-likeness (QED) is 0.695. The number of hydrogen-bond acceptors (Lipinski definition) is 6. The maximum Gasteiger partial charge on any atom is 0.233 e. The Morgan fingerprint density at radius 3 is 2.69 bits per heavy atom. The molecule has 1 amide bonds. The molecule has 1 fully saturated rings. The summed E-state index contributed by atoms with van der Waals surface area (Å²) >= 11 is 1.71. The molecule has 138 valence electrons. The summed E-state index contributed by atoms with van der Waals surface area (Å²) in [7, 11) is 1.55. The van der Waals surface area contributed by atoms with Crippen molar-refractivity contribution >= 4 is 17.7 Å². The monoisotopic (exact) mass is 373 g/mol. The van der Waals surface area contributed by atoms with Crippen molar-refractivity contribution in [1.82, 2.24) is 15.1 Å². The Morgan fingerprint density at radius 1 is 1.19 bits per heavy atom. The number of amides is 1. The Labute approximate surface area is 157 Å². The van der Waals surface area contributed by atoms with Gasteiger partial charge < -0.3 is 14.4 Å². The fraction of sp³-hybridized carbons (Fsp3) is 0.421. The average molecular weight is 373 g/mol. The van der Waals surface area contributed by atoms with Crippen molar-refractivity contribution in [1.29, 1.82) is 0 Å². The van der Waals surface area contributed by atoms with Crippen LogP contribution in [0.4, 0.5) is 0 Å². The molecule has 2 heterocycles. The standard InChI is InChI=1S/C19H23N3O3S/c1-24-17-9-10-18(21-20-17)25-15-6-5-12-22(14-15)19(23)11-13-26-16-7-3-2-4-8-16/h2-4,7-10,15H,5-6,11-14H2,1H3. The first kappa shape index (κ1) is 18.5. The van der Waals surface area contributed by atoms with Crippen molar-refractivity contribution < 1.29 is 14.3 Å². The third kappa shape index (κ3) is 5.36. The molecule has 3 rings (SSSR count). The largest absolute Gasteiger partial charge is 0.480 e. The fourth-order valence-corrected chi connectivity index (χ4v) is 3.70. The Bertz CT molecular complexity index is 697. The molecule has 6 nitrogen and oxygen atoms in total. The summed E-state index contributed by atoms with van der Waals surface area (Å²) in [6, 6.07) is 13.6. The van der Waals surface area contributed by atoms with E-state index in [1.807, 2.05) is 23.1 Å². The normalized spacial score (nSPS) is 17.0. The highest BCUT2D eigenvalue weighted by Crippen LogP contribution is 2.21. The van der Waals surface area contributed by atoms with Crippen LogP contribution in [-0.4, -0.2) is 53.1 Å². The van der Waals surface area contributed by atoms with Gasteiger partial charge in [0.05, 0.1) is 13.7 Å². The van der Waals surface area contributed by atoms with Crippen LogP contribution < -0.4 is 9.47 Å². The molecule has 0 aliphatic carbocycles. The number of piperidine rings is 1. The molecular weight excluding hydrogens is 350 g/mol. The minimum absolute atomic E-state index is 0.0443. The van der Waals surface area contributed by atoms with Crippen molar-refractivity contribution in [3.8, 4) is 11.8 Å². The number of thioether (sulfide) groups is 1. The summed E-state index contributed by atoms with van der Waals surface area (Å²) in [5.74, 6) is 1.88. The van der Waals surface area contributed by atoms with E-state index >= 15 is 0 Å². The van der Waals surface area contributed by atoms with Crippen molar-refractivity contribution in [2.24, 2.45) is 0 Å². The third-order valence-corrected chi connectivity index (χ3v) is 5.18. The molecule has 1 atom stereocenters. The molecule has 0 N–H and O–H groups in total. The summed E-state index contributed by atoms with van der Waals surface area (Å²) in [6.07, 6.45) is 2.34. The zero-order chi connectivity index (χ0) is 18.2. The first-order valence-corrected chi connectivity index (χ1v) is 9.73. The number of carbonyl (C=O) groups is 1. The van der Waals surface area contributed by atoms with E-state index in [0.717, 1.165) is 25.1 Å². The molecule has 0 spiro atoms. The molecule has 1 unspecified atom stereocenters. The Kier molecular flexibility index (Phi) is 6.71. The van der Waals surface area contributed by atoms with E-state index in [1.165, 1.54) is 4.90 Å². The van der Waals surface area contributed by atoms with E-state index in [2.05, 4.69) is 22.3 Å². The second kappa shape index (κ2) is 9.43. The summed E-state index contributed by atoms with van der Waals surface area (Å²) < 4.78 is 10.9. The van der Waals surface area contributed by atoms with E-state index < -0.39 is 0 Å². The van der Waals surface area contributed by atoms with Gasteiger partial charge in [0.25, 0.3) is 0 Å². The highest BCUT2D eigenvalue weighted by molar-refractivity contribution is 7.99. The summed E-state index contributed by atoms with van der Waals surface area (Å²) in [4.78, 5) is 15.6. The maximum absolute atomic E-state index is 12.5. The number of nitrogens with zero attached hydrogens (tertiary/aromatic N) is 3. The van der Waals surface area contributed by atoms with Gasteiger partial charge >= 0.3 is 0 Å². The SMILES string of the molecule is COc1ccc(OC2CCCN(C(=O)CCSc3ccccc3)C2)nn1. The molecule has 2 aromatic rings. The predicted octanol–water partition coefficient (Wildman–Crippen LogP) is 3.04. The lowest BCUT2D eigenvalue weighted by molar-refractivity contribution is -0.133. The topological polar surface area (TPSA) is 64.6 Å². The highest BCUT2D eigenvalue weighted by atomic mass is 32.2. The van der Waals surface area contributed by atoms with Gasteiger partial charge in [-0.1, -0.05) is 18.2 Å². The van der Waals surface area contributed by atoms with Gasteiger partial charge in [-0.05, 0) is 25.0 Å². The fourth-order valence-electron chi connectivity index (χ4n) is 2.84. The van der Waals surface area contributed by atoms with E-state index in [4.69, 9.17) is 9.47 Å². The van der Waals surface area contributed by atoms with Crippen molar-refractivity contribution in [3.63, 3.8) is 0 Å². The molecule has 1 aromatic carbocycles. The van der Waals surface area contributed by atoms with Crippen molar-refractivity contribution in [3.05, 3.63) is 42.5 Å². The van der Waals surface area contributed by atoms with Gasteiger partial charge in [0.15, 0.2) is 0 Å². The smallest absolute Gasteiger partial charge is 0.233 e. The first-order chi connectivity index (χ1) is 12.7. The molecule has 0 bridgehead atoms. The Balaban J connectivity index is 1.45. The van der Waals surface area contributed by atoms with Gasteiger partial charge in [-0.3, -0.25) is 4.79 Å². The summed E-state index contributed by atoms with van der Waals surface area (Å²) in [5, 5.41) is 7.90. The van der Waals surface area contributed by atoms with Crippen molar-refractivity contribution in [2.45, 2.75) is 30.3 Å². The molecule has 1 aliphatic rings. The van der Waals surface area contributed by atoms with Crippen molar-refractivity contribution in [2.75, 3.05) is 26.0 Å². The van der Waals surface area contributed by atoms with E-state index in [-0.39, 0.29) is 12.0 Å². The number of carbonyl (C=O) groups excluding carboxylic acids is 1. The van der Waals surface area contributed by atoms with Gasteiger partial charge in [-0.2, -0.15) is 0 Å². The van der Waals surface area contributed by atoms with Crippen LogP contribution >= 0.6 is 11.8 Å². The third-order valence-electron chi connectivity index (χ3n) is 4.17. The van der Waals surface area contributed by atoms with Crippen LogP contribution in [0.5, 0.6) is 11.8 Å². The second-order valence-electron chi connectivity index (χ2n) is 6.05. The molecule has 0 saturated carbocycles. The molecule has 7 heteroatoms. The van der Waals surface area contributed by atoms with Gasteiger partial charge in [0.2, 0.25) is 17.7 Å². The van der Waals surface area contributed by atoms with Crippen LogP contribution in [0.1, 0.15) is 19.3 Å². The van der Waals surface area contributed by atoms with Crippen LogP contribution in [0, 0.1) is 0 Å². The van der Waals surface area contributed by atoms with E-state index in [0.29, 0.717) is 24.7 Å². The number of likely N-dealkylation sites (tertiary alicyclic amines) is 1. The summed E-state index contributed by atoms with van der Waals surface area (Å²) in [5.41, 5.74) is 0. The molecular formula is C19H23N3O3S. The number of hydrogen-bond donors (Lipinski definition) is 0. The van der Waals surface area contributed by atoms with Crippen LogP contribution in [-0.2, 0) is 4.79 Å². The van der Waals surface area contributed by atoms with Crippen LogP contribution in [0.25, 0.3) is 0 Å². The lowest BCUT2D eigenvalue weighted by Crippen LogP contribution is -2.44. The van der Waals surface area contributed by atoms with Gasteiger partial charge in [0.1, 0.15) is 6.10 Å². The van der Waals surface area contributed by atoms with Crippen LogP contribution in [0.2, 0.25) is 0 Å². The Hall–Kier alpha value is -2.28. The van der Waals surface area contributed by atoms with Gasteiger partial charge in [0, 0.05) is 35.7 Å². The number of methoxy groups -OCH3 is 1. The van der Waals surface area contributed by atoms with E-state index in [1.54, 1.807) is 31.0 Å². The number of benzene rings is 1. The highest BCUT2D eigenvalue weighted by Gasteiger charge is 2.25. The minimum atomic E-state index is -0.0443. The van der Waals surface area contributed by atoms with Crippen LogP contribution in [0.15, 0.2) is 47.4 Å². The first-order valence-electron chi connectivity index (χ1n) is 8.74.